The number of carboxylic acid groups (broad SMARTS) is 2. The van der Waals surface area contributed by atoms with Crippen LogP contribution in [0.25, 0.3) is 5.69 Å². The standard InChI is InChI=1S/C15H16N2O4/c1-3-4-12-11(15(20)21)8-16-17(12)13-7-10(14(18)19)6-5-9(13)2/h5-8H,3-4H2,1-2H3,(H,18,19)(H,20,21). The summed E-state index contributed by atoms with van der Waals surface area (Å²) < 4.78 is 1.52. The van der Waals surface area contributed by atoms with E-state index in [9.17, 15) is 14.7 Å². The van der Waals surface area contributed by atoms with E-state index in [1.165, 1.54) is 23.0 Å². The van der Waals surface area contributed by atoms with Crippen molar-refractivity contribution in [3.05, 3.63) is 46.8 Å². The van der Waals surface area contributed by atoms with Gasteiger partial charge in [0.25, 0.3) is 0 Å². The molecule has 0 atom stereocenters. The molecule has 6 heteroatoms. The highest BCUT2D eigenvalue weighted by molar-refractivity contribution is 5.90. The van der Waals surface area contributed by atoms with E-state index in [0.717, 1.165) is 12.0 Å². The Morgan fingerprint density at radius 3 is 2.52 bits per heavy atom. The van der Waals surface area contributed by atoms with Gasteiger partial charge in [-0.05, 0) is 31.0 Å². The van der Waals surface area contributed by atoms with Crippen LogP contribution in [0.1, 0.15) is 45.3 Å². The smallest absolute Gasteiger partial charge is 0.339 e. The van der Waals surface area contributed by atoms with Gasteiger partial charge in [-0.1, -0.05) is 19.4 Å². The molecule has 1 aromatic heterocycles. The third kappa shape index (κ3) is 2.79. The van der Waals surface area contributed by atoms with Crippen molar-refractivity contribution < 1.29 is 19.8 Å². The number of hydrogen-bond acceptors (Lipinski definition) is 3. The van der Waals surface area contributed by atoms with E-state index < -0.39 is 11.9 Å². The van der Waals surface area contributed by atoms with E-state index in [0.29, 0.717) is 17.8 Å². The van der Waals surface area contributed by atoms with Gasteiger partial charge in [-0.25, -0.2) is 14.3 Å². The van der Waals surface area contributed by atoms with Crippen LogP contribution in [0.2, 0.25) is 0 Å². The molecule has 2 N–H and O–H groups in total. The Bertz CT molecular complexity index is 704. The molecule has 0 saturated heterocycles. The number of carboxylic acids is 2. The first-order valence-electron chi connectivity index (χ1n) is 6.60. The van der Waals surface area contributed by atoms with Gasteiger partial charge >= 0.3 is 11.9 Å². The number of aromatic carboxylic acids is 2. The molecular weight excluding hydrogens is 272 g/mol. The molecule has 1 heterocycles. The van der Waals surface area contributed by atoms with E-state index in [-0.39, 0.29) is 11.1 Å². The lowest BCUT2D eigenvalue weighted by atomic mass is 10.1. The molecule has 0 amide bonds. The van der Waals surface area contributed by atoms with Crippen LogP contribution in [-0.4, -0.2) is 31.9 Å². The summed E-state index contributed by atoms with van der Waals surface area (Å²) in [5.41, 5.74) is 2.29. The summed E-state index contributed by atoms with van der Waals surface area (Å²) in [5.74, 6) is -2.06. The first kappa shape index (κ1) is 14.8. The Balaban J connectivity index is 2.63. The van der Waals surface area contributed by atoms with Crippen molar-refractivity contribution in [2.45, 2.75) is 26.7 Å². The lowest BCUT2D eigenvalue weighted by molar-refractivity contribution is 0.0685. The summed E-state index contributed by atoms with van der Waals surface area (Å²) in [6.45, 7) is 3.78. The molecule has 0 bridgehead atoms. The van der Waals surface area contributed by atoms with Crippen molar-refractivity contribution in [3.63, 3.8) is 0 Å². The second kappa shape index (κ2) is 5.78. The van der Waals surface area contributed by atoms with Crippen LogP contribution in [0, 0.1) is 6.92 Å². The Hall–Kier alpha value is -2.63. The average molecular weight is 288 g/mol. The van der Waals surface area contributed by atoms with Gasteiger partial charge in [0, 0.05) is 0 Å². The quantitative estimate of drug-likeness (QED) is 0.882. The highest BCUT2D eigenvalue weighted by atomic mass is 16.4. The highest BCUT2D eigenvalue weighted by Gasteiger charge is 2.18. The number of aromatic nitrogens is 2. The maximum Gasteiger partial charge on any atom is 0.339 e. The Labute approximate surface area is 121 Å². The topological polar surface area (TPSA) is 92.4 Å². The van der Waals surface area contributed by atoms with Crippen molar-refractivity contribution in [2.75, 3.05) is 0 Å². The van der Waals surface area contributed by atoms with Gasteiger partial charge < -0.3 is 10.2 Å². The molecule has 1 aromatic carbocycles. The van der Waals surface area contributed by atoms with Gasteiger partial charge in [-0.2, -0.15) is 5.10 Å². The molecule has 110 valence electrons. The number of carbonyl (C=O) groups is 2. The summed E-state index contributed by atoms with van der Waals surface area (Å²) in [5, 5.41) is 22.4. The van der Waals surface area contributed by atoms with Crippen LogP contribution in [0.3, 0.4) is 0 Å². The molecule has 0 fully saturated rings. The Morgan fingerprint density at radius 1 is 1.24 bits per heavy atom. The van der Waals surface area contributed by atoms with E-state index in [2.05, 4.69) is 5.10 Å². The fourth-order valence-corrected chi connectivity index (χ4v) is 2.21. The summed E-state index contributed by atoms with van der Waals surface area (Å²) in [4.78, 5) is 22.3. The zero-order valence-corrected chi connectivity index (χ0v) is 11.8. The first-order valence-corrected chi connectivity index (χ1v) is 6.60. The van der Waals surface area contributed by atoms with Crippen molar-refractivity contribution in [1.29, 1.82) is 0 Å². The van der Waals surface area contributed by atoms with Crippen molar-refractivity contribution in [1.82, 2.24) is 9.78 Å². The lowest BCUT2D eigenvalue weighted by Crippen LogP contribution is -2.09. The van der Waals surface area contributed by atoms with E-state index >= 15 is 0 Å². The third-order valence-electron chi connectivity index (χ3n) is 3.27. The third-order valence-corrected chi connectivity index (χ3v) is 3.27. The van der Waals surface area contributed by atoms with Crippen LogP contribution >= 0.6 is 0 Å². The van der Waals surface area contributed by atoms with Gasteiger partial charge in [0.1, 0.15) is 5.56 Å². The second-order valence-corrected chi connectivity index (χ2v) is 4.78. The predicted octanol–water partition coefficient (Wildman–Crippen LogP) is 2.53. The Kier molecular flexibility index (Phi) is 4.07. The van der Waals surface area contributed by atoms with Gasteiger partial charge in [-0.15, -0.1) is 0 Å². The molecule has 0 radical (unpaired) electrons. The highest BCUT2D eigenvalue weighted by Crippen LogP contribution is 2.21. The van der Waals surface area contributed by atoms with E-state index in [4.69, 9.17) is 5.11 Å². The second-order valence-electron chi connectivity index (χ2n) is 4.78. The molecule has 0 spiro atoms. The summed E-state index contributed by atoms with van der Waals surface area (Å²) in [6.07, 6.45) is 2.63. The molecule has 0 aliphatic heterocycles. The van der Waals surface area contributed by atoms with Gasteiger partial charge in [0.05, 0.1) is 23.1 Å². The number of rotatable bonds is 5. The van der Waals surface area contributed by atoms with Gasteiger partial charge in [-0.3, -0.25) is 0 Å². The largest absolute Gasteiger partial charge is 0.478 e. The minimum Gasteiger partial charge on any atom is -0.478 e. The Morgan fingerprint density at radius 2 is 1.95 bits per heavy atom. The molecule has 21 heavy (non-hydrogen) atoms. The molecule has 0 aliphatic carbocycles. The molecule has 6 nitrogen and oxygen atoms in total. The molecule has 0 saturated carbocycles. The minimum atomic E-state index is -1.03. The summed E-state index contributed by atoms with van der Waals surface area (Å²) >= 11 is 0. The molecule has 2 aromatic rings. The molecule has 0 aliphatic rings. The molecule has 0 unspecified atom stereocenters. The molecular formula is C15H16N2O4. The first-order chi connectivity index (χ1) is 9.95. The number of aryl methyl sites for hydroxylation is 1. The van der Waals surface area contributed by atoms with Crippen molar-refractivity contribution >= 4 is 11.9 Å². The zero-order valence-electron chi connectivity index (χ0n) is 11.8. The number of hydrogen-bond donors (Lipinski definition) is 2. The van der Waals surface area contributed by atoms with Crippen LogP contribution in [-0.2, 0) is 6.42 Å². The maximum atomic E-state index is 11.3. The maximum absolute atomic E-state index is 11.3. The van der Waals surface area contributed by atoms with Crippen LogP contribution in [0.15, 0.2) is 24.4 Å². The fraction of sp³-hybridized carbons (Fsp3) is 0.267. The SMILES string of the molecule is CCCc1c(C(=O)O)cnn1-c1cc(C(=O)O)ccc1C. The summed E-state index contributed by atoms with van der Waals surface area (Å²) in [7, 11) is 0. The van der Waals surface area contributed by atoms with Crippen molar-refractivity contribution in [3.8, 4) is 5.69 Å². The number of nitrogens with zero attached hydrogens (tertiary/aromatic N) is 2. The minimum absolute atomic E-state index is 0.144. The van der Waals surface area contributed by atoms with Crippen LogP contribution in [0.5, 0.6) is 0 Å². The fourth-order valence-electron chi connectivity index (χ4n) is 2.21. The van der Waals surface area contributed by atoms with Crippen LogP contribution in [0.4, 0.5) is 0 Å². The zero-order chi connectivity index (χ0) is 15.6. The van der Waals surface area contributed by atoms with Gasteiger partial charge in [0.15, 0.2) is 0 Å². The van der Waals surface area contributed by atoms with Crippen LogP contribution < -0.4 is 0 Å². The predicted molar refractivity (Wildman–Crippen MR) is 76.2 cm³/mol. The van der Waals surface area contributed by atoms with E-state index in [1.54, 1.807) is 6.07 Å². The number of benzene rings is 1. The summed E-state index contributed by atoms with van der Waals surface area (Å²) in [6, 6.07) is 4.72. The van der Waals surface area contributed by atoms with E-state index in [1.807, 2.05) is 13.8 Å². The normalized spacial score (nSPS) is 10.6. The van der Waals surface area contributed by atoms with Crippen molar-refractivity contribution in [2.24, 2.45) is 0 Å². The molecule has 2 rings (SSSR count). The van der Waals surface area contributed by atoms with Gasteiger partial charge in [0.2, 0.25) is 0 Å². The lowest BCUT2D eigenvalue weighted by Gasteiger charge is -2.11. The average Bonchev–Trinajstić information content (AvgIpc) is 2.83. The monoisotopic (exact) mass is 288 g/mol.